The monoisotopic (exact) mass is 491 g/mol. The quantitative estimate of drug-likeness (QED) is 0.448. The van der Waals surface area contributed by atoms with Crippen LogP contribution in [-0.2, 0) is 23.2 Å². The summed E-state index contributed by atoms with van der Waals surface area (Å²) in [5.41, 5.74) is 1.64. The lowest BCUT2D eigenvalue weighted by Gasteiger charge is -2.36. The first kappa shape index (κ1) is 27.8. The van der Waals surface area contributed by atoms with Crippen LogP contribution in [-0.4, -0.2) is 77.6 Å². The molecule has 1 amide bonds. The number of rotatable bonds is 13. The van der Waals surface area contributed by atoms with Crippen LogP contribution in [0, 0.1) is 5.92 Å². The molecule has 2 aromatic rings. The molecule has 0 aliphatic heterocycles. The molecule has 0 aliphatic rings. The molecule has 2 N–H and O–H groups in total. The number of amides is 1. The summed E-state index contributed by atoms with van der Waals surface area (Å²) in [6.07, 6.45) is -1.54. The molecule has 0 aromatic heterocycles. The van der Waals surface area contributed by atoms with Gasteiger partial charge in [0.05, 0.1) is 12.1 Å². The van der Waals surface area contributed by atoms with Gasteiger partial charge in [0.1, 0.15) is 0 Å². The first-order chi connectivity index (χ1) is 16.0. The highest BCUT2D eigenvalue weighted by molar-refractivity contribution is 7.86. The number of carbonyl (C=O) groups is 1. The van der Waals surface area contributed by atoms with E-state index in [-0.39, 0.29) is 32.0 Å². The molecule has 9 heteroatoms. The minimum Gasteiger partial charge on any atom is -0.465 e. The van der Waals surface area contributed by atoms with Crippen LogP contribution in [0.1, 0.15) is 31.4 Å². The molecule has 2 rings (SSSR count). The second-order valence-electron chi connectivity index (χ2n) is 9.05. The van der Waals surface area contributed by atoms with Crippen LogP contribution in [0.4, 0.5) is 4.79 Å². The molecule has 0 heterocycles. The highest BCUT2D eigenvalue weighted by atomic mass is 32.2. The van der Waals surface area contributed by atoms with Crippen molar-refractivity contribution in [2.45, 2.75) is 45.4 Å². The lowest BCUT2D eigenvalue weighted by Crippen LogP contribution is -2.53. The minimum absolute atomic E-state index is 0.0805. The van der Waals surface area contributed by atoms with Gasteiger partial charge >= 0.3 is 6.09 Å². The molecule has 188 valence electrons. The smallest absolute Gasteiger partial charge is 0.407 e. The van der Waals surface area contributed by atoms with Gasteiger partial charge in [0.15, 0.2) is 0 Å². The van der Waals surface area contributed by atoms with E-state index in [0.29, 0.717) is 6.42 Å². The van der Waals surface area contributed by atoms with Crippen LogP contribution in [0.2, 0.25) is 0 Å². The zero-order valence-corrected chi connectivity index (χ0v) is 21.2. The van der Waals surface area contributed by atoms with Crippen molar-refractivity contribution < 1.29 is 23.4 Å². The normalized spacial score (nSPS) is 13.9. The van der Waals surface area contributed by atoms with Crippen LogP contribution in [0.25, 0.3) is 0 Å². The van der Waals surface area contributed by atoms with Crippen molar-refractivity contribution in [1.82, 2.24) is 13.5 Å². The molecule has 0 radical (unpaired) electrons. The molecular weight excluding hydrogens is 454 g/mol. The molecular formula is C25H37N3O5S. The zero-order valence-electron chi connectivity index (χ0n) is 20.4. The molecule has 0 spiro atoms. The average Bonchev–Trinajstić information content (AvgIpc) is 2.79. The van der Waals surface area contributed by atoms with Crippen molar-refractivity contribution in [2.75, 3.05) is 27.2 Å². The summed E-state index contributed by atoms with van der Waals surface area (Å²) in [6.45, 7) is 4.11. The maximum Gasteiger partial charge on any atom is 0.407 e. The van der Waals surface area contributed by atoms with Crippen molar-refractivity contribution >= 4 is 16.3 Å². The Kier molecular flexibility index (Phi) is 10.5. The molecule has 2 atom stereocenters. The fourth-order valence-electron chi connectivity index (χ4n) is 3.68. The molecule has 0 saturated carbocycles. The third-order valence-corrected chi connectivity index (χ3v) is 7.61. The van der Waals surface area contributed by atoms with Crippen molar-refractivity contribution in [3.8, 4) is 0 Å². The number of aliphatic hydroxyl groups excluding tert-OH is 1. The van der Waals surface area contributed by atoms with Gasteiger partial charge in [0.25, 0.3) is 10.2 Å². The average molecular weight is 492 g/mol. The maximum atomic E-state index is 13.0. The highest BCUT2D eigenvalue weighted by Gasteiger charge is 2.34. The summed E-state index contributed by atoms with van der Waals surface area (Å²) >= 11 is 0. The Labute approximate surface area is 203 Å². The third-order valence-electron chi connectivity index (χ3n) is 5.71. The van der Waals surface area contributed by atoms with Gasteiger partial charge in [0.2, 0.25) is 0 Å². The Morgan fingerprint density at radius 2 is 1.47 bits per heavy atom. The summed E-state index contributed by atoms with van der Waals surface area (Å²) in [4.78, 5) is 13.5. The van der Waals surface area contributed by atoms with Crippen LogP contribution in [0.3, 0.4) is 0 Å². The van der Waals surface area contributed by atoms with Crippen molar-refractivity contribution in [3.05, 3.63) is 71.8 Å². The van der Waals surface area contributed by atoms with Gasteiger partial charge in [-0.05, 0) is 29.9 Å². The third kappa shape index (κ3) is 8.09. The number of benzene rings is 2. The number of hydrogen-bond acceptors (Lipinski definition) is 4. The van der Waals surface area contributed by atoms with E-state index < -0.39 is 28.4 Å². The van der Waals surface area contributed by atoms with E-state index in [0.717, 1.165) is 15.4 Å². The van der Waals surface area contributed by atoms with E-state index in [1.54, 1.807) is 0 Å². The highest BCUT2D eigenvalue weighted by Crippen LogP contribution is 2.20. The van der Waals surface area contributed by atoms with Gasteiger partial charge in [-0.2, -0.15) is 17.0 Å². The first-order valence-electron chi connectivity index (χ1n) is 11.5. The molecule has 8 nitrogen and oxygen atoms in total. The number of nitrogens with zero attached hydrogens (tertiary/aromatic N) is 3. The van der Waals surface area contributed by atoms with Crippen molar-refractivity contribution in [3.63, 3.8) is 0 Å². The van der Waals surface area contributed by atoms with Gasteiger partial charge in [-0.15, -0.1) is 0 Å². The van der Waals surface area contributed by atoms with Crippen LogP contribution < -0.4 is 0 Å². The van der Waals surface area contributed by atoms with E-state index in [2.05, 4.69) is 0 Å². The fourth-order valence-corrected chi connectivity index (χ4v) is 4.82. The summed E-state index contributed by atoms with van der Waals surface area (Å²) in [6, 6.07) is 17.6. The second kappa shape index (κ2) is 12.9. The lowest BCUT2D eigenvalue weighted by atomic mass is 9.99. The number of carboxylic acid groups (broad SMARTS) is 1. The predicted octanol–water partition coefficient (Wildman–Crippen LogP) is 3.29. The van der Waals surface area contributed by atoms with Gasteiger partial charge < -0.3 is 10.2 Å². The van der Waals surface area contributed by atoms with Crippen molar-refractivity contribution in [1.29, 1.82) is 0 Å². The van der Waals surface area contributed by atoms with E-state index in [1.165, 1.54) is 23.3 Å². The number of aliphatic hydroxyl groups is 1. The van der Waals surface area contributed by atoms with Crippen LogP contribution in [0.5, 0.6) is 0 Å². The van der Waals surface area contributed by atoms with E-state index in [9.17, 15) is 23.4 Å². The SMILES string of the molecule is CC(C)CCN(C[C@@H](O)C(Cc1ccccc1)N(Cc1ccccc1)C(=O)O)S(=O)(=O)N(C)C. The minimum atomic E-state index is -3.80. The Morgan fingerprint density at radius 3 is 1.94 bits per heavy atom. The van der Waals surface area contributed by atoms with Crippen LogP contribution >= 0.6 is 0 Å². The molecule has 0 bridgehead atoms. The maximum absolute atomic E-state index is 13.0. The van der Waals surface area contributed by atoms with Gasteiger partial charge in [-0.1, -0.05) is 74.5 Å². The Balaban J connectivity index is 2.39. The topological polar surface area (TPSA) is 101 Å². The summed E-state index contributed by atoms with van der Waals surface area (Å²) < 4.78 is 28.3. The molecule has 0 aliphatic carbocycles. The van der Waals surface area contributed by atoms with Crippen LogP contribution in [0.15, 0.2) is 60.7 Å². The molecule has 34 heavy (non-hydrogen) atoms. The van der Waals surface area contributed by atoms with Gasteiger partial charge in [-0.25, -0.2) is 4.79 Å². The first-order valence-corrected chi connectivity index (χ1v) is 12.8. The van der Waals surface area contributed by atoms with Gasteiger partial charge in [0, 0.05) is 33.7 Å². The molecule has 0 fully saturated rings. The Morgan fingerprint density at radius 1 is 0.941 bits per heavy atom. The summed E-state index contributed by atoms with van der Waals surface area (Å²) in [5.74, 6) is 0.269. The summed E-state index contributed by atoms with van der Waals surface area (Å²) in [5, 5.41) is 21.4. The number of hydrogen-bond donors (Lipinski definition) is 2. The molecule has 2 aromatic carbocycles. The van der Waals surface area contributed by atoms with Gasteiger partial charge in [-0.3, -0.25) is 4.90 Å². The van der Waals surface area contributed by atoms with E-state index >= 15 is 0 Å². The second-order valence-corrected chi connectivity index (χ2v) is 11.2. The zero-order chi connectivity index (χ0) is 25.3. The Bertz CT molecular complexity index is 984. The molecule has 1 unspecified atom stereocenters. The van der Waals surface area contributed by atoms with E-state index in [1.807, 2.05) is 74.5 Å². The predicted molar refractivity (Wildman–Crippen MR) is 134 cm³/mol. The Hall–Kier alpha value is -2.46. The lowest BCUT2D eigenvalue weighted by molar-refractivity contribution is 0.0338. The summed E-state index contributed by atoms with van der Waals surface area (Å²) in [7, 11) is -0.902. The van der Waals surface area contributed by atoms with E-state index in [4.69, 9.17) is 0 Å². The molecule has 0 saturated heterocycles. The fraction of sp³-hybridized carbons (Fsp3) is 0.480. The largest absolute Gasteiger partial charge is 0.465 e. The van der Waals surface area contributed by atoms with Crippen molar-refractivity contribution in [2.24, 2.45) is 5.92 Å². The standard InChI is InChI=1S/C25H37N3O5S/c1-20(2)15-16-27(34(32,33)26(3)4)19-24(29)23(17-21-11-7-5-8-12-21)28(25(30)31)18-22-13-9-6-10-14-22/h5-14,20,23-24,29H,15-19H2,1-4H3,(H,30,31)/t23?,24-/m1/s1.